The summed E-state index contributed by atoms with van der Waals surface area (Å²) < 4.78 is 2.02. The molecule has 2 N–H and O–H groups in total. The van der Waals surface area contributed by atoms with Crippen LogP contribution < -0.4 is 5.32 Å². The smallest absolute Gasteiger partial charge is 0.0762 e. The summed E-state index contributed by atoms with van der Waals surface area (Å²) in [6.45, 7) is 6.35. The lowest BCUT2D eigenvalue weighted by Crippen LogP contribution is -2.26. The average Bonchev–Trinajstić information content (AvgIpc) is 2.98. The van der Waals surface area contributed by atoms with Crippen molar-refractivity contribution in [2.75, 3.05) is 13.2 Å². The molecule has 1 aromatic heterocycles. The van der Waals surface area contributed by atoms with E-state index in [0.717, 1.165) is 38.0 Å². The highest BCUT2D eigenvalue weighted by Crippen LogP contribution is 2.44. The van der Waals surface area contributed by atoms with E-state index in [1.54, 1.807) is 0 Å². The van der Waals surface area contributed by atoms with E-state index in [4.69, 9.17) is 0 Å². The zero-order valence-electron chi connectivity index (χ0n) is 10.8. The van der Waals surface area contributed by atoms with Gasteiger partial charge < -0.3 is 10.4 Å². The van der Waals surface area contributed by atoms with Crippen LogP contribution in [-0.4, -0.2) is 28.0 Å². The highest BCUT2D eigenvalue weighted by molar-refractivity contribution is 5.00. The summed E-state index contributed by atoms with van der Waals surface area (Å²) in [6, 6.07) is 2.54. The first-order chi connectivity index (χ1) is 8.19. The fraction of sp³-hybridized carbons (Fsp3) is 0.769. The van der Waals surface area contributed by atoms with Crippen LogP contribution in [-0.2, 0) is 6.54 Å². The number of hydrogen-bond acceptors (Lipinski definition) is 3. The van der Waals surface area contributed by atoms with E-state index in [0.29, 0.717) is 12.6 Å². The fourth-order valence-corrected chi connectivity index (χ4v) is 1.93. The SMILES string of the molecule is CCC(C)n1ccc(CNCC2(CO)CC2)n1. The van der Waals surface area contributed by atoms with Gasteiger partial charge in [-0.05, 0) is 32.3 Å². The van der Waals surface area contributed by atoms with Crippen molar-refractivity contribution >= 4 is 0 Å². The largest absolute Gasteiger partial charge is 0.396 e. The molecule has 0 saturated heterocycles. The second-order valence-corrected chi connectivity index (χ2v) is 5.31. The van der Waals surface area contributed by atoms with Crippen LogP contribution in [0.25, 0.3) is 0 Å². The zero-order valence-corrected chi connectivity index (χ0v) is 10.8. The lowest BCUT2D eigenvalue weighted by molar-refractivity contribution is 0.207. The molecule has 1 aliphatic carbocycles. The Hall–Kier alpha value is -0.870. The van der Waals surface area contributed by atoms with Gasteiger partial charge in [-0.15, -0.1) is 0 Å². The Labute approximate surface area is 103 Å². The first-order valence-electron chi connectivity index (χ1n) is 6.55. The van der Waals surface area contributed by atoms with Crippen LogP contribution in [0, 0.1) is 5.41 Å². The van der Waals surface area contributed by atoms with Crippen LogP contribution in [0.5, 0.6) is 0 Å². The molecule has 1 unspecified atom stereocenters. The quantitative estimate of drug-likeness (QED) is 0.759. The maximum absolute atomic E-state index is 9.20. The van der Waals surface area contributed by atoms with Crippen molar-refractivity contribution in [1.29, 1.82) is 0 Å². The van der Waals surface area contributed by atoms with Crippen LogP contribution in [0.3, 0.4) is 0 Å². The number of aliphatic hydroxyl groups is 1. The molecule has 1 fully saturated rings. The monoisotopic (exact) mass is 237 g/mol. The molecule has 2 rings (SSSR count). The summed E-state index contributed by atoms with van der Waals surface area (Å²) >= 11 is 0. The Morgan fingerprint density at radius 3 is 2.94 bits per heavy atom. The molecular formula is C13H23N3O. The third-order valence-corrected chi connectivity index (χ3v) is 3.80. The van der Waals surface area contributed by atoms with Crippen LogP contribution in [0.1, 0.15) is 44.8 Å². The molecule has 4 nitrogen and oxygen atoms in total. The van der Waals surface area contributed by atoms with Crippen molar-refractivity contribution < 1.29 is 5.11 Å². The van der Waals surface area contributed by atoms with Gasteiger partial charge in [-0.3, -0.25) is 4.68 Å². The van der Waals surface area contributed by atoms with E-state index in [1.165, 1.54) is 0 Å². The summed E-state index contributed by atoms with van der Waals surface area (Å²) in [5, 5.41) is 17.1. The molecule has 1 aromatic rings. The second-order valence-electron chi connectivity index (χ2n) is 5.31. The summed E-state index contributed by atoms with van der Waals surface area (Å²) in [6.07, 6.45) is 5.45. The Bertz CT molecular complexity index is 357. The summed E-state index contributed by atoms with van der Waals surface area (Å²) in [5.41, 5.74) is 1.26. The van der Waals surface area contributed by atoms with Crippen molar-refractivity contribution in [3.63, 3.8) is 0 Å². The van der Waals surface area contributed by atoms with Crippen molar-refractivity contribution in [3.05, 3.63) is 18.0 Å². The molecule has 0 aliphatic heterocycles. The van der Waals surface area contributed by atoms with Gasteiger partial charge in [0, 0.05) is 37.4 Å². The minimum atomic E-state index is 0.180. The molecule has 1 atom stereocenters. The van der Waals surface area contributed by atoms with E-state index in [2.05, 4.69) is 30.3 Å². The van der Waals surface area contributed by atoms with E-state index in [-0.39, 0.29) is 5.41 Å². The first-order valence-corrected chi connectivity index (χ1v) is 6.55. The molecule has 0 radical (unpaired) electrons. The zero-order chi connectivity index (χ0) is 12.3. The minimum absolute atomic E-state index is 0.180. The van der Waals surface area contributed by atoms with Gasteiger partial charge in [0.15, 0.2) is 0 Å². The molecule has 1 aliphatic rings. The van der Waals surface area contributed by atoms with E-state index >= 15 is 0 Å². The average molecular weight is 237 g/mol. The number of aliphatic hydroxyl groups excluding tert-OH is 1. The first kappa shape index (κ1) is 12.6. The standard InChI is InChI=1S/C13H23N3O/c1-3-11(2)16-7-4-12(15-16)8-14-9-13(10-17)5-6-13/h4,7,11,14,17H,3,5-6,8-10H2,1-2H3. The Kier molecular flexibility index (Phi) is 3.84. The van der Waals surface area contributed by atoms with Gasteiger partial charge in [0.1, 0.15) is 0 Å². The van der Waals surface area contributed by atoms with Gasteiger partial charge in [0.05, 0.1) is 5.69 Å². The van der Waals surface area contributed by atoms with E-state index in [1.807, 2.05) is 10.9 Å². The van der Waals surface area contributed by atoms with Crippen LogP contribution in [0.2, 0.25) is 0 Å². The number of nitrogens with zero attached hydrogens (tertiary/aromatic N) is 2. The van der Waals surface area contributed by atoms with Gasteiger partial charge in [-0.2, -0.15) is 5.10 Å². The number of hydrogen-bond donors (Lipinski definition) is 2. The second kappa shape index (κ2) is 5.19. The molecule has 4 heteroatoms. The predicted octanol–water partition coefficient (Wildman–Crippen LogP) is 1.72. The van der Waals surface area contributed by atoms with Gasteiger partial charge in [0.25, 0.3) is 0 Å². The molecule has 0 aromatic carbocycles. The van der Waals surface area contributed by atoms with Crippen molar-refractivity contribution in [3.8, 4) is 0 Å². The van der Waals surface area contributed by atoms with Crippen LogP contribution in [0.4, 0.5) is 0 Å². The number of nitrogens with one attached hydrogen (secondary N) is 1. The van der Waals surface area contributed by atoms with Crippen molar-refractivity contribution in [2.45, 2.75) is 45.7 Å². The molecule has 1 heterocycles. The van der Waals surface area contributed by atoms with Crippen molar-refractivity contribution in [2.24, 2.45) is 5.41 Å². The topological polar surface area (TPSA) is 50.1 Å². The molecule has 0 spiro atoms. The summed E-state index contributed by atoms with van der Waals surface area (Å²) in [4.78, 5) is 0. The number of rotatable bonds is 7. The van der Waals surface area contributed by atoms with Crippen LogP contribution >= 0.6 is 0 Å². The highest BCUT2D eigenvalue weighted by Gasteiger charge is 2.41. The minimum Gasteiger partial charge on any atom is -0.396 e. The maximum atomic E-state index is 9.20. The third-order valence-electron chi connectivity index (χ3n) is 3.80. The Balaban J connectivity index is 1.77. The molecule has 17 heavy (non-hydrogen) atoms. The molecule has 0 amide bonds. The van der Waals surface area contributed by atoms with Crippen LogP contribution in [0.15, 0.2) is 12.3 Å². The molecular weight excluding hydrogens is 214 g/mol. The fourth-order valence-electron chi connectivity index (χ4n) is 1.93. The van der Waals surface area contributed by atoms with E-state index < -0.39 is 0 Å². The highest BCUT2D eigenvalue weighted by atomic mass is 16.3. The lowest BCUT2D eigenvalue weighted by Gasteiger charge is -2.12. The summed E-state index contributed by atoms with van der Waals surface area (Å²) in [5.74, 6) is 0. The molecule has 1 saturated carbocycles. The molecule has 96 valence electrons. The normalized spacial score (nSPS) is 19.2. The Morgan fingerprint density at radius 2 is 2.35 bits per heavy atom. The predicted molar refractivity (Wildman–Crippen MR) is 67.7 cm³/mol. The van der Waals surface area contributed by atoms with Gasteiger partial charge in [-0.25, -0.2) is 0 Å². The lowest BCUT2D eigenvalue weighted by atomic mass is 10.1. The van der Waals surface area contributed by atoms with Crippen molar-refractivity contribution in [1.82, 2.24) is 15.1 Å². The van der Waals surface area contributed by atoms with E-state index in [9.17, 15) is 5.11 Å². The molecule has 0 bridgehead atoms. The maximum Gasteiger partial charge on any atom is 0.0762 e. The third kappa shape index (κ3) is 3.07. The van der Waals surface area contributed by atoms with Gasteiger partial charge >= 0.3 is 0 Å². The van der Waals surface area contributed by atoms with Gasteiger partial charge in [0.2, 0.25) is 0 Å². The van der Waals surface area contributed by atoms with Gasteiger partial charge in [-0.1, -0.05) is 6.92 Å². The summed E-state index contributed by atoms with van der Waals surface area (Å²) in [7, 11) is 0. The number of aromatic nitrogens is 2. The Morgan fingerprint density at radius 1 is 1.59 bits per heavy atom.